The maximum absolute atomic E-state index is 11.1. The maximum Gasteiger partial charge on any atom is 0.216 e. The van der Waals surface area contributed by atoms with E-state index in [0.29, 0.717) is 18.2 Å². The molecule has 0 aliphatic carbocycles. The molecule has 1 fully saturated rings. The van der Waals surface area contributed by atoms with Crippen LogP contribution in [0.1, 0.15) is 19.8 Å². The standard InChI is InChI=1S/C26H31N3O4/c1-18(30)28-13-19-8-10-29(11-9-19)16-23(32)17-33-25-7-6-20-4-2-3-5-24(20)26(25)21-12-22(31)15-27-14-21/h2-7,12,14-15,19,23,31-32H,8-11,13,16-17H2,1H3,(H,28,30). The molecule has 1 aromatic heterocycles. The van der Waals surface area contributed by atoms with Crippen molar-refractivity contribution in [3.8, 4) is 22.6 Å². The predicted molar refractivity (Wildman–Crippen MR) is 128 cm³/mol. The highest BCUT2D eigenvalue weighted by Crippen LogP contribution is 2.38. The van der Waals surface area contributed by atoms with E-state index in [4.69, 9.17) is 4.74 Å². The molecule has 2 heterocycles. The molecule has 0 radical (unpaired) electrons. The number of nitrogens with one attached hydrogen (secondary N) is 1. The number of carbonyl (C=O) groups excluding carboxylic acids is 1. The average molecular weight is 450 g/mol. The summed E-state index contributed by atoms with van der Waals surface area (Å²) in [5.41, 5.74) is 1.61. The highest BCUT2D eigenvalue weighted by Gasteiger charge is 2.22. The number of nitrogens with zero attached hydrogens (tertiary/aromatic N) is 2. The van der Waals surface area contributed by atoms with Crippen LogP contribution in [0.5, 0.6) is 11.5 Å². The van der Waals surface area contributed by atoms with Crippen molar-refractivity contribution < 1.29 is 19.7 Å². The van der Waals surface area contributed by atoms with Crippen LogP contribution in [0.3, 0.4) is 0 Å². The van der Waals surface area contributed by atoms with E-state index in [0.717, 1.165) is 54.4 Å². The number of aromatic hydroxyl groups is 1. The van der Waals surface area contributed by atoms with Crippen LogP contribution in [-0.2, 0) is 4.79 Å². The van der Waals surface area contributed by atoms with E-state index in [1.54, 1.807) is 19.2 Å². The number of carbonyl (C=O) groups is 1. The molecule has 7 nitrogen and oxygen atoms in total. The zero-order valence-corrected chi connectivity index (χ0v) is 18.9. The first kappa shape index (κ1) is 23.0. The Labute approximate surface area is 194 Å². The summed E-state index contributed by atoms with van der Waals surface area (Å²) in [6.45, 7) is 4.79. The van der Waals surface area contributed by atoms with Crippen LogP contribution >= 0.6 is 0 Å². The number of β-amino-alcohol motifs (C(OH)–C–C–N with tert-alkyl or cyclic N) is 1. The Morgan fingerprint density at radius 1 is 1.21 bits per heavy atom. The first-order valence-electron chi connectivity index (χ1n) is 11.4. The summed E-state index contributed by atoms with van der Waals surface area (Å²) in [6.07, 6.45) is 4.49. The van der Waals surface area contributed by atoms with Gasteiger partial charge in [-0.1, -0.05) is 30.3 Å². The maximum atomic E-state index is 11.1. The van der Waals surface area contributed by atoms with E-state index in [2.05, 4.69) is 15.2 Å². The molecule has 33 heavy (non-hydrogen) atoms. The molecule has 0 spiro atoms. The van der Waals surface area contributed by atoms with Crippen LogP contribution < -0.4 is 10.1 Å². The van der Waals surface area contributed by atoms with Gasteiger partial charge < -0.3 is 25.2 Å². The molecule has 174 valence electrons. The zero-order valence-electron chi connectivity index (χ0n) is 18.9. The number of aromatic nitrogens is 1. The minimum atomic E-state index is -0.626. The quantitative estimate of drug-likeness (QED) is 0.489. The van der Waals surface area contributed by atoms with Crippen LogP contribution in [0.2, 0.25) is 0 Å². The summed E-state index contributed by atoms with van der Waals surface area (Å²) in [5.74, 6) is 1.25. The van der Waals surface area contributed by atoms with Crippen molar-refractivity contribution in [1.29, 1.82) is 0 Å². The molecule has 1 unspecified atom stereocenters. The Morgan fingerprint density at radius 2 is 2.00 bits per heavy atom. The van der Waals surface area contributed by atoms with Crippen molar-refractivity contribution in [3.05, 3.63) is 54.9 Å². The lowest BCUT2D eigenvalue weighted by molar-refractivity contribution is -0.119. The summed E-state index contributed by atoms with van der Waals surface area (Å²) in [4.78, 5) is 17.5. The number of piperidine rings is 1. The van der Waals surface area contributed by atoms with Crippen molar-refractivity contribution in [1.82, 2.24) is 15.2 Å². The molecule has 4 rings (SSSR count). The molecule has 7 heteroatoms. The molecule has 0 bridgehead atoms. The largest absolute Gasteiger partial charge is 0.506 e. The molecule has 1 aliphatic rings. The van der Waals surface area contributed by atoms with Crippen molar-refractivity contribution >= 4 is 16.7 Å². The van der Waals surface area contributed by atoms with Crippen molar-refractivity contribution in [2.24, 2.45) is 5.92 Å². The number of fused-ring (bicyclic) bond motifs is 1. The highest BCUT2D eigenvalue weighted by molar-refractivity contribution is 5.99. The number of ether oxygens (including phenoxy) is 1. The Hall–Kier alpha value is -3.16. The smallest absolute Gasteiger partial charge is 0.216 e. The van der Waals surface area contributed by atoms with Gasteiger partial charge in [0.05, 0.1) is 6.20 Å². The molecule has 0 saturated carbocycles. The molecule has 1 saturated heterocycles. The second kappa shape index (κ2) is 10.6. The fourth-order valence-corrected chi connectivity index (χ4v) is 4.43. The summed E-state index contributed by atoms with van der Waals surface area (Å²) >= 11 is 0. The normalized spacial score (nSPS) is 15.9. The van der Waals surface area contributed by atoms with Crippen molar-refractivity contribution in [3.63, 3.8) is 0 Å². The monoisotopic (exact) mass is 449 g/mol. The number of aliphatic hydroxyl groups is 1. The number of hydrogen-bond donors (Lipinski definition) is 3. The second-order valence-electron chi connectivity index (χ2n) is 8.74. The Bertz CT molecular complexity index is 1100. The van der Waals surface area contributed by atoms with Gasteiger partial charge in [-0.3, -0.25) is 9.78 Å². The van der Waals surface area contributed by atoms with Gasteiger partial charge in [0.15, 0.2) is 0 Å². The van der Waals surface area contributed by atoms with Gasteiger partial charge in [0, 0.05) is 37.3 Å². The van der Waals surface area contributed by atoms with Crippen molar-refractivity contribution in [2.75, 3.05) is 32.8 Å². The SMILES string of the molecule is CC(=O)NCC1CCN(CC(O)COc2ccc3ccccc3c2-c2cncc(O)c2)CC1. The first-order chi connectivity index (χ1) is 16.0. The van der Waals surface area contributed by atoms with E-state index < -0.39 is 6.10 Å². The van der Waals surface area contributed by atoms with Crippen molar-refractivity contribution in [2.45, 2.75) is 25.9 Å². The first-order valence-corrected chi connectivity index (χ1v) is 11.4. The number of rotatable bonds is 8. The molecule has 1 atom stereocenters. The van der Waals surface area contributed by atoms with Gasteiger partial charge in [-0.25, -0.2) is 0 Å². The molecule has 2 aromatic carbocycles. The minimum Gasteiger partial charge on any atom is -0.506 e. The molecule has 1 amide bonds. The lowest BCUT2D eigenvalue weighted by Crippen LogP contribution is -2.42. The predicted octanol–water partition coefficient (Wildman–Crippen LogP) is 3.20. The van der Waals surface area contributed by atoms with Gasteiger partial charge in [-0.2, -0.15) is 0 Å². The lowest BCUT2D eigenvalue weighted by atomic mass is 9.96. The average Bonchev–Trinajstić information content (AvgIpc) is 2.82. The van der Waals surface area contributed by atoms with Gasteiger partial charge >= 0.3 is 0 Å². The summed E-state index contributed by atoms with van der Waals surface area (Å²) in [6, 6.07) is 13.6. The second-order valence-corrected chi connectivity index (χ2v) is 8.74. The van der Waals surface area contributed by atoms with E-state index in [1.165, 1.54) is 6.20 Å². The molecule has 3 aromatic rings. The fraction of sp³-hybridized carbons (Fsp3) is 0.385. The Kier molecular flexibility index (Phi) is 7.42. The van der Waals surface area contributed by atoms with Crippen LogP contribution in [0, 0.1) is 5.92 Å². The van der Waals surface area contributed by atoms with Gasteiger partial charge in [0.25, 0.3) is 0 Å². The summed E-state index contributed by atoms with van der Waals surface area (Å²) < 4.78 is 6.10. The third kappa shape index (κ3) is 6.00. The van der Waals surface area contributed by atoms with Gasteiger partial charge in [-0.05, 0) is 54.8 Å². The number of amides is 1. The topological polar surface area (TPSA) is 94.9 Å². The number of aliphatic hydroxyl groups excluding tert-OH is 1. The van der Waals surface area contributed by atoms with Gasteiger partial charge in [-0.15, -0.1) is 0 Å². The van der Waals surface area contributed by atoms with Gasteiger partial charge in [0.2, 0.25) is 5.91 Å². The van der Waals surface area contributed by atoms with Crippen LogP contribution in [-0.4, -0.2) is 64.9 Å². The third-order valence-electron chi connectivity index (χ3n) is 6.15. The minimum absolute atomic E-state index is 0.0135. The zero-order chi connectivity index (χ0) is 23.2. The van der Waals surface area contributed by atoms with Gasteiger partial charge in [0.1, 0.15) is 24.2 Å². The fourth-order valence-electron chi connectivity index (χ4n) is 4.43. The van der Waals surface area contributed by atoms with E-state index in [9.17, 15) is 15.0 Å². The summed E-state index contributed by atoms with van der Waals surface area (Å²) in [7, 11) is 0. The number of benzene rings is 2. The molecule has 1 aliphatic heterocycles. The lowest BCUT2D eigenvalue weighted by Gasteiger charge is -2.33. The summed E-state index contributed by atoms with van der Waals surface area (Å²) in [5, 5.41) is 25.6. The Morgan fingerprint density at radius 3 is 2.76 bits per heavy atom. The van der Waals surface area contributed by atoms with Crippen LogP contribution in [0.25, 0.3) is 21.9 Å². The van der Waals surface area contributed by atoms with Crippen LogP contribution in [0.4, 0.5) is 0 Å². The highest BCUT2D eigenvalue weighted by atomic mass is 16.5. The van der Waals surface area contributed by atoms with E-state index in [1.807, 2.05) is 36.4 Å². The Balaban J connectivity index is 1.40. The molecule has 3 N–H and O–H groups in total. The number of hydrogen-bond acceptors (Lipinski definition) is 6. The third-order valence-corrected chi connectivity index (χ3v) is 6.15. The van der Waals surface area contributed by atoms with E-state index in [-0.39, 0.29) is 18.3 Å². The molecular weight excluding hydrogens is 418 g/mol. The molecular formula is C26H31N3O4. The van der Waals surface area contributed by atoms with Crippen LogP contribution in [0.15, 0.2) is 54.9 Å². The number of likely N-dealkylation sites (tertiary alicyclic amines) is 1. The van der Waals surface area contributed by atoms with E-state index >= 15 is 0 Å². The number of pyridine rings is 1.